The Labute approximate surface area is 296 Å². The van der Waals surface area contributed by atoms with Crippen LogP contribution in [0.2, 0.25) is 0 Å². The van der Waals surface area contributed by atoms with Crippen LogP contribution in [0.4, 0.5) is 8.78 Å². The third-order valence-corrected chi connectivity index (χ3v) is 8.60. The van der Waals surface area contributed by atoms with Gasteiger partial charge in [-0.05, 0) is 55.0 Å². The van der Waals surface area contributed by atoms with Gasteiger partial charge in [0, 0.05) is 61.2 Å². The Morgan fingerprint density at radius 2 is 1.67 bits per heavy atom. The average Bonchev–Trinajstić information content (AvgIpc) is 3.62. The van der Waals surface area contributed by atoms with Gasteiger partial charge in [-0.15, -0.1) is 0 Å². The van der Waals surface area contributed by atoms with Crippen LogP contribution in [-0.4, -0.2) is 80.7 Å². The molecule has 4 rings (SSSR count). The van der Waals surface area contributed by atoms with Crippen LogP contribution in [0.3, 0.4) is 0 Å². The number of amides is 4. The number of carbonyl (C=O) groups excluding carboxylic acids is 5. The number of nitrogens with zero attached hydrogens (tertiary/aromatic N) is 3. The van der Waals surface area contributed by atoms with E-state index in [9.17, 15) is 33.5 Å². The zero-order valence-corrected chi connectivity index (χ0v) is 29.3. The van der Waals surface area contributed by atoms with E-state index >= 15 is 4.39 Å². The molecule has 51 heavy (non-hydrogen) atoms. The third kappa shape index (κ3) is 10.0. The highest BCUT2D eigenvalue weighted by molar-refractivity contribution is 6.14. The molecule has 1 aliphatic rings. The highest BCUT2D eigenvalue weighted by Gasteiger charge is 2.38. The Balaban J connectivity index is 1.53. The lowest BCUT2D eigenvalue weighted by atomic mass is 9.82. The standard InChI is InChI=1S/C38H45F2N5O6/c1-24(46)37(51)44(18-16-31(41)36(50)42-17-8-11-28(47)23-45-33(48)14-15-34(45)49)35(38(2,3)4)32-19-26(29-20-27(39)12-13-30(29)40)22-43(32)21-25-9-6-5-7-10-25/h5-7,9-10,12-15,19-20,22,24,31,35,46H,8,11,16-18,21,23,41H2,1-4H3,(H,42,50)/t24-,31-,35-/m0/s1. The van der Waals surface area contributed by atoms with E-state index < -0.39 is 58.9 Å². The number of nitrogens with two attached hydrogens (primary N) is 1. The van der Waals surface area contributed by atoms with Gasteiger partial charge in [-0.25, -0.2) is 8.78 Å². The van der Waals surface area contributed by atoms with Crippen molar-refractivity contribution in [1.82, 2.24) is 19.7 Å². The smallest absolute Gasteiger partial charge is 0.254 e. The molecule has 0 spiro atoms. The molecule has 4 amide bonds. The number of hydrogen-bond acceptors (Lipinski definition) is 7. The maximum absolute atomic E-state index is 15.0. The van der Waals surface area contributed by atoms with Gasteiger partial charge in [0.2, 0.25) is 5.91 Å². The van der Waals surface area contributed by atoms with Crippen molar-refractivity contribution >= 4 is 29.4 Å². The molecule has 0 aliphatic carbocycles. The molecular weight excluding hydrogens is 660 g/mol. The number of carbonyl (C=O) groups is 5. The summed E-state index contributed by atoms with van der Waals surface area (Å²) >= 11 is 0. The summed E-state index contributed by atoms with van der Waals surface area (Å²) in [6, 6.07) is 12.7. The Bertz CT molecular complexity index is 1760. The van der Waals surface area contributed by atoms with E-state index in [-0.39, 0.29) is 50.2 Å². The van der Waals surface area contributed by atoms with Gasteiger partial charge in [-0.1, -0.05) is 51.1 Å². The largest absolute Gasteiger partial charge is 0.384 e. The first-order valence-electron chi connectivity index (χ1n) is 16.8. The summed E-state index contributed by atoms with van der Waals surface area (Å²) in [6.45, 7) is 7.21. The molecule has 0 radical (unpaired) electrons. The molecule has 0 unspecified atom stereocenters. The lowest BCUT2D eigenvalue weighted by Gasteiger charge is -2.41. The van der Waals surface area contributed by atoms with Gasteiger partial charge in [-0.2, -0.15) is 0 Å². The van der Waals surface area contributed by atoms with E-state index in [4.69, 9.17) is 5.73 Å². The number of aliphatic hydroxyl groups excluding tert-OH is 1. The van der Waals surface area contributed by atoms with Crippen molar-refractivity contribution in [3.05, 3.63) is 95.8 Å². The molecule has 2 heterocycles. The van der Waals surface area contributed by atoms with Crippen molar-refractivity contribution in [2.24, 2.45) is 11.1 Å². The van der Waals surface area contributed by atoms with Crippen LogP contribution in [0.25, 0.3) is 11.1 Å². The van der Waals surface area contributed by atoms with Crippen LogP contribution in [-0.2, 0) is 30.5 Å². The molecule has 11 nitrogen and oxygen atoms in total. The molecular formula is C38H45F2N5O6. The zero-order chi connectivity index (χ0) is 37.5. The lowest BCUT2D eigenvalue weighted by molar-refractivity contribution is -0.145. The van der Waals surface area contributed by atoms with Gasteiger partial charge in [0.05, 0.1) is 18.6 Å². The summed E-state index contributed by atoms with van der Waals surface area (Å²) in [6.07, 6.45) is 2.83. The molecule has 4 N–H and O–H groups in total. The summed E-state index contributed by atoms with van der Waals surface area (Å²) < 4.78 is 31.2. The van der Waals surface area contributed by atoms with Crippen molar-refractivity contribution in [2.75, 3.05) is 19.6 Å². The highest BCUT2D eigenvalue weighted by atomic mass is 19.1. The van der Waals surface area contributed by atoms with Crippen molar-refractivity contribution in [1.29, 1.82) is 0 Å². The molecule has 1 aliphatic heterocycles. The highest BCUT2D eigenvalue weighted by Crippen LogP contribution is 2.41. The average molecular weight is 706 g/mol. The van der Waals surface area contributed by atoms with Crippen LogP contribution in [0.5, 0.6) is 0 Å². The number of aromatic nitrogens is 1. The van der Waals surface area contributed by atoms with Crippen LogP contribution in [0, 0.1) is 17.0 Å². The van der Waals surface area contributed by atoms with Crippen molar-refractivity contribution < 1.29 is 37.9 Å². The van der Waals surface area contributed by atoms with Crippen LogP contribution in [0.1, 0.15) is 64.3 Å². The second-order valence-electron chi connectivity index (χ2n) is 13.8. The Morgan fingerprint density at radius 3 is 2.29 bits per heavy atom. The summed E-state index contributed by atoms with van der Waals surface area (Å²) in [5.41, 5.74) is 7.60. The number of nitrogens with one attached hydrogen (secondary N) is 1. The van der Waals surface area contributed by atoms with E-state index in [1.165, 1.54) is 11.8 Å². The van der Waals surface area contributed by atoms with Gasteiger partial charge in [0.15, 0.2) is 5.78 Å². The molecule has 2 aromatic carbocycles. The van der Waals surface area contributed by atoms with Crippen LogP contribution >= 0.6 is 0 Å². The minimum Gasteiger partial charge on any atom is -0.384 e. The van der Waals surface area contributed by atoms with E-state index in [2.05, 4.69) is 5.32 Å². The fourth-order valence-electron chi connectivity index (χ4n) is 6.10. The van der Waals surface area contributed by atoms with Crippen molar-refractivity contribution in [3.8, 4) is 11.1 Å². The second kappa shape index (κ2) is 16.8. The summed E-state index contributed by atoms with van der Waals surface area (Å²) in [7, 11) is 0. The van der Waals surface area contributed by atoms with Gasteiger partial charge in [-0.3, -0.25) is 28.9 Å². The molecule has 272 valence electrons. The van der Waals surface area contributed by atoms with Gasteiger partial charge in [0.1, 0.15) is 17.7 Å². The van der Waals surface area contributed by atoms with Gasteiger partial charge >= 0.3 is 0 Å². The second-order valence-corrected chi connectivity index (χ2v) is 13.8. The van der Waals surface area contributed by atoms with Gasteiger partial charge in [0.25, 0.3) is 17.7 Å². The first-order chi connectivity index (χ1) is 24.1. The Kier molecular flexibility index (Phi) is 12.8. The molecule has 0 bridgehead atoms. The quantitative estimate of drug-likeness (QED) is 0.151. The number of halogens is 2. The summed E-state index contributed by atoms with van der Waals surface area (Å²) in [4.78, 5) is 64.6. The SMILES string of the molecule is C[C@H](O)C(=O)N(CC[C@H](N)C(=O)NCCCC(=O)CN1C(=O)C=CC1=O)[C@@H](c1cc(-c2cc(F)ccc2F)cn1Cc1ccccc1)C(C)(C)C. The summed E-state index contributed by atoms with van der Waals surface area (Å²) in [5, 5.41) is 13.2. The zero-order valence-electron chi connectivity index (χ0n) is 29.3. The number of rotatable bonds is 16. The molecule has 0 saturated heterocycles. The monoisotopic (exact) mass is 705 g/mol. The summed E-state index contributed by atoms with van der Waals surface area (Å²) in [5.74, 6) is -3.75. The first-order valence-corrected chi connectivity index (χ1v) is 16.8. The van der Waals surface area contributed by atoms with Crippen LogP contribution < -0.4 is 11.1 Å². The molecule has 0 fully saturated rings. The number of hydrogen-bond donors (Lipinski definition) is 3. The fourth-order valence-corrected chi connectivity index (χ4v) is 6.10. The Morgan fingerprint density at radius 1 is 1.00 bits per heavy atom. The Hall–Kier alpha value is -5.01. The number of benzene rings is 2. The van der Waals surface area contributed by atoms with Crippen molar-refractivity contribution in [3.63, 3.8) is 0 Å². The molecule has 3 atom stereocenters. The van der Waals surface area contributed by atoms with E-state index in [0.29, 0.717) is 17.8 Å². The first kappa shape index (κ1) is 38.8. The maximum atomic E-state index is 15.0. The topological polar surface area (TPSA) is 155 Å². The van der Waals surface area contributed by atoms with E-state index in [0.717, 1.165) is 40.8 Å². The van der Waals surface area contributed by atoms with Gasteiger partial charge < -0.3 is 25.6 Å². The van der Waals surface area contributed by atoms with Crippen LogP contribution in [0.15, 0.2) is 72.9 Å². The number of Topliss-reactive ketones (excluding diaryl/α,β-unsaturated/α-hetero) is 1. The minimum atomic E-state index is -1.39. The minimum absolute atomic E-state index is 0.0206. The number of aliphatic hydroxyl groups is 1. The van der Waals surface area contributed by atoms with E-state index in [1.807, 2.05) is 55.7 Å². The molecule has 0 saturated carbocycles. The number of imide groups is 1. The number of ketones is 1. The maximum Gasteiger partial charge on any atom is 0.254 e. The fraction of sp³-hybridized carbons (Fsp3) is 0.395. The third-order valence-electron chi connectivity index (χ3n) is 8.60. The lowest BCUT2D eigenvalue weighted by Crippen LogP contribution is -2.49. The molecule has 13 heteroatoms. The van der Waals surface area contributed by atoms with Crippen molar-refractivity contribution in [2.45, 2.75) is 71.7 Å². The predicted octanol–water partition coefficient (Wildman–Crippen LogP) is 3.89. The molecule has 1 aromatic heterocycles. The molecule has 3 aromatic rings. The normalized spacial score (nSPS) is 14.8. The van der Waals surface area contributed by atoms with E-state index in [1.54, 1.807) is 12.3 Å². The predicted molar refractivity (Wildman–Crippen MR) is 187 cm³/mol.